The Morgan fingerprint density at radius 3 is 1.71 bits per heavy atom. The van der Waals surface area contributed by atoms with E-state index in [0.717, 1.165) is 22.7 Å². The van der Waals surface area contributed by atoms with E-state index < -0.39 is 0 Å². The number of nitrogens with one attached hydrogen (secondary N) is 3. The lowest BCUT2D eigenvalue weighted by molar-refractivity contribution is 0.187. The first-order valence-electron chi connectivity index (χ1n) is 18.9. The number of fused-ring (bicyclic) bond motifs is 2. The molecular weight excluding hydrogens is 737 g/mol. The molecule has 0 aliphatic rings. The van der Waals surface area contributed by atoms with Gasteiger partial charge in [-0.2, -0.15) is 0 Å². The van der Waals surface area contributed by atoms with E-state index in [4.69, 9.17) is 48.1 Å². The Morgan fingerprint density at radius 2 is 1.16 bits per heavy atom. The fraction of sp³-hybridized carbons (Fsp3) is 0.450. The number of aromatic nitrogens is 8. The van der Waals surface area contributed by atoms with Gasteiger partial charge in [0, 0.05) is 65.7 Å². The van der Waals surface area contributed by atoms with Gasteiger partial charge in [-0.3, -0.25) is 0 Å². The Morgan fingerprint density at radius 1 is 0.636 bits per heavy atom. The summed E-state index contributed by atoms with van der Waals surface area (Å²) in [6, 6.07) is 13.2. The zero-order chi connectivity index (χ0) is 39.4. The van der Waals surface area contributed by atoms with Crippen LogP contribution in [0.5, 0.6) is 0 Å². The lowest BCUT2D eigenvalue weighted by Gasteiger charge is -2.19. The number of hydrogen-bond donors (Lipinski definition) is 5. The molecule has 1 unspecified atom stereocenters. The van der Waals surface area contributed by atoms with E-state index in [1.165, 1.54) is 0 Å². The fourth-order valence-electron chi connectivity index (χ4n) is 6.44. The zero-order valence-corrected chi connectivity index (χ0v) is 33.9. The smallest absolute Gasteiger partial charge is 0.166 e. The fourth-order valence-corrected chi connectivity index (χ4v) is 6.86. The molecule has 0 spiro atoms. The topological polar surface area (TPSA) is 164 Å². The molecule has 4 aromatic heterocycles. The average Bonchev–Trinajstić information content (AvgIpc) is 3.77. The van der Waals surface area contributed by atoms with Crippen LogP contribution >= 0.6 is 23.2 Å². The van der Waals surface area contributed by atoms with Crippen molar-refractivity contribution in [1.82, 2.24) is 39.0 Å². The van der Waals surface area contributed by atoms with Gasteiger partial charge in [-0.25, -0.2) is 29.9 Å². The van der Waals surface area contributed by atoms with Gasteiger partial charge < -0.3 is 35.3 Å². The normalized spacial score (nSPS) is 13.6. The van der Waals surface area contributed by atoms with Crippen molar-refractivity contribution >= 4 is 74.2 Å². The van der Waals surface area contributed by atoms with E-state index in [0.29, 0.717) is 69.4 Å². The summed E-state index contributed by atoms with van der Waals surface area (Å²) in [6.45, 7) is 15.3. The first kappa shape index (κ1) is 40.1. The van der Waals surface area contributed by atoms with Crippen LogP contribution in [0.1, 0.15) is 72.2 Å². The van der Waals surface area contributed by atoms with Crippen molar-refractivity contribution in [2.45, 2.75) is 73.4 Å². The summed E-state index contributed by atoms with van der Waals surface area (Å²) in [5, 5.41) is 31.7. The Hall–Kier alpha value is -4.56. The summed E-state index contributed by atoms with van der Waals surface area (Å²) >= 11 is 13.0. The molecule has 15 heteroatoms. The molecule has 0 aliphatic heterocycles. The van der Waals surface area contributed by atoms with E-state index >= 15 is 0 Å². The highest BCUT2D eigenvalue weighted by Crippen LogP contribution is 2.31. The number of halogens is 2. The predicted molar refractivity (Wildman–Crippen MR) is 222 cm³/mol. The van der Waals surface area contributed by atoms with Gasteiger partial charge in [-0.1, -0.05) is 57.0 Å². The van der Waals surface area contributed by atoms with Crippen LogP contribution in [0.4, 0.5) is 28.7 Å². The molecule has 0 fully saturated rings. The predicted octanol–water partition coefficient (Wildman–Crippen LogP) is 8.63. The summed E-state index contributed by atoms with van der Waals surface area (Å²) in [5.74, 6) is 2.96. The molecular formula is C40H51Cl2N11O2. The molecule has 55 heavy (non-hydrogen) atoms. The van der Waals surface area contributed by atoms with Crippen LogP contribution in [0.3, 0.4) is 0 Å². The molecule has 5 N–H and O–H groups in total. The molecule has 4 heterocycles. The van der Waals surface area contributed by atoms with Crippen molar-refractivity contribution in [3.05, 3.63) is 76.8 Å². The zero-order valence-electron chi connectivity index (χ0n) is 32.4. The van der Waals surface area contributed by atoms with Crippen LogP contribution < -0.4 is 16.0 Å². The van der Waals surface area contributed by atoms with Crippen molar-refractivity contribution < 1.29 is 10.2 Å². The Labute approximate surface area is 332 Å². The van der Waals surface area contributed by atoms with Crippen LogP contribution in [-0.4, -0.2) is 69.0 Å². The second-order valence-electron chi connectivity index (χ2n) is 15.2. The van der Waals surface area contributed by atoms with Gasteiger partial charge in [0.1, 0.15) is 11.6 Å². The molecule has 6 rings (SSSR count). The quantitative estimate of drug-likeness (QED) is 0.0601. The summed E-state index contributed by atoms with van der Waals surface area (Å²) in [7, 11) is 0. The lowest BCUT2D eigenvalue weighted by Crippen LogP contribution is -2.19. The van der Waals surface area contributed by atoms with E-state index in [9.17, 15) is 10.2 Å². The van der Waals surface area contributed by atoms with Gasteiger partial charge in [-0.15, -0.1) is 0 Å². The van der Waals surface area contributed by atoms with Gasteiger partial charge in [0.05, 0.1) is 18.7 Å². The van der Waals surface area contributed by atoms with Gasteiger partial charge in [0.15, 0.2) is 34.0 Å². The van der Waals surface area contributed by atoms with E-state index in [-0.39, 0.29) is 49.0 Å². The first-order valence-corrected chi connectivity index (χ1v) is 19.6. The lowest BCUT2D eigenvalue weighted by atomic mass is 9.93. The Bertz CT molecular complexity index is 2240. The molecule has 292 valence electrons. The number of rotatable bonds is 17. The highest BCUT2D eigenvalue weighted by molar-refractivity contribution is 6.31. The molecule has 6 aromatic rings. The largest absolute Gasteiger partial charge is 0.396 e. The third kappa shape index (κ3) is 9.46. The Kier molecular flexibility index (Phi) is 12.8. The average molecular weight is 789 g/mol. The molecule has 0 radical (unpaired) electrons. The number of benzene rings is 2. The first-order chi connectivity index (χ1) is 26.3. The van der Waals surface area contributed by atoms with Crippen molar-refractivity contribution in [3.8, 4) is 0 Å². The molecule has 13 nitrogen and oxygen atoms in total. The number of imidazole rings is 2. The highest BCUT2D eigenvalue weighted by Gasteiger charge is 2.22. The molecule has 0 saturated heterocycles. The standard InChI is InChI=1S/C40H51Cl2N11O2/c1-22(2)26(18-54)11-33-49-38(35-39(50-33)52(20-44-35)24(5)6)47-32-15-29(42)14-31(16-32)43-17-25(7)53-21-45-36-37(46-30-10-8-9-28(41)13-30)48-34(51-40(36)53)12-27(19-55)23(3)4/h8-10,13-16,20-27,43,54-55H,11-12,17-19H2,1-7H3,(H,46,48,51)(H,47,49,50)/t25?,26-,27-/m0/s1. The molecule has 2 aromatic carbocycles. The van der Waals surface area contributed by atoms with Crippen LogP contribution in [0.2, 0.25) is 10.0 Å². The summed E-state index contributed by atoms with van der Waals surface area (Å²) in [4.78, 5) is 29.0. The van der Waals surface area contributed by atoms with Gasteiger partial charge in [-0.05, 0) is 80.8 Å². The molecule has 0 amide bonds. The van der Waals surface area contributed by atoms with E-state index in [1.54, 1.807) is 12.7 Å². The maximum atomic E-state index is 10.1. The van der Waals surface area contributed by atoms with Gasteiger partial charge >= 0.3 is 0 Å². The molecule has 0 bridgehead atoms. The van der Waals surface area contributed by atoms with Gasteiger partial charge in [0.25, 0.3) is 0 Å². The van der Waals surface area contributed by atoms with E-state index in [2.05, 4.69) is 69.4 Å². The number of nitrogens with zero attached hydrogens (tertiary/aromatic N) is 8. The summed E-state index contributed by atoms with van der Waals surface area (Å²) in [5.41, 5.74) is 5.03. The number of anilines is 5. The monoisotopic (exact) mass is 787 g/mol. The Balaban J connectivity index is 1.26. The van der Waals surface area contributed by atoms with Crippen molar-refractivity contribution in [2.24, 2.45) is 23.7 Å². The maximum absolute atomic E-state index is 10.1. The molecule has 3 atom stereocenters. The minimum atomic E-state index is -0.0784. The molecule has 0 aliphatic carbocycles. The third-order valence-corrected chi connectivity index (χ3v) is 10.5. The van der Waals surface area contributed by atoms with Crippen LogP contribution in [0.15, 0.2) is 55.1 Å². The van der Waals surface area contributed by atoms with Crippen molar-refractivity contribution in [1.29, 1.82) is 0 Å². The second-order valence-corrected chi connectivity index (χ2v) is 16.1. The maximum Gasteiger partial charge on any atom is 0.166 e. The van der Waals surface area contributed by atoms with Crippen molar-refractivity contribution in [3.63, 3.8) is 0 Å². The summed E-state index contributed by atoms with van der Waals surface area (Å²) < 4.78 is 4.06. The van der Waals surface area contributed by atoms with Crippen molar-refractivity contribution in [2.75, 3.05) is 35.7 Å². The number of aliphatic hydroxyl groups is 2. The molecule has 0 saturated carbocycles. The van der Waals surface area contributed by atoms with E-state index in [1.807, 2.05) is 51.6 Å². The van der Waals surface area contributed by atoms with Crippen LogP contribution in [0.25, 0.3) is 22.3 Å². The SMILES string of the molecule is CC(C)[C@H](CO)Cc1nc(Nc2cc(Cl)cc(NCC(C)n3cnc4c(Nc5cccc(Cl)c5)nc(C[C@@H](CO)C(C)C)nc43)c2)c2ncn(C(C)C)c2n1. The van der Waals surface area contributed by atoms with Gasteiger partial charge in [0.2, 0.25) is 0 Å². The third-order valence-electron chi connectivity index (χ3n) is 10.1. The van der Waals surface area contributed by atoms with Crippen LogP contribution in [-0.2, 0) is 12.8 Å². The number of hydrogen-bond acceptors (Lipinski definition) is 11. The highest BCUT2D eigenvalue weighted by atomic mass is 35.5. The van der Waals surface area contributed by atoms with Crippen LogP contribution in [0, 0.1) is 23.7 Å². The second kappa shape index (κ2) is 17.5. The summed E-state index contributed by atoms with van der Waals surface area (Å²) in [6.07, 6.45) is 4.62. The minimum absolute atomic E-state index is 0.00556. The number of aliphatic hydroxyl groups excluding tert-OH is 2. The minimum Gasteiger partial charge on any atom is -0.396 e.